The number of hydrogen-bond acceptors (Lipinski definition) is 2. The van der Waals surface area contributed by atoms with Crippen LogP contribution in [-0.2, 0) is 0 Å². The van der Waals surface area contributed by atoms with Crippen molar-refractivity contribution in [1.29, 1.82) is 0 Å². The van der Waals surface area contributed by atoms with E-state index in [2.05, 4.69) is 19.6 Å². The third kappa shape index (κ3) is 16.8. The van der Waals surface area contributed by atoms with Crippen LogP contribution >= 0.6 is 25.3 Å². The monoisotopic (exact) mass is 318 g/mol. The summed E-state index contributed by atoms with van der Waals surface area (Å²) in [5.74, 6) is 1.05. The first-order chi connectivity index (χ1) is 9.81. The van der Waals surface area contributed by atoms with Gasteiger partial charge in [-0.1, -0.05) is 84.0 Å². The molecular weight excluding hydrogens is 280 g/mol. The third-order valence-electron chi connectivity index (χ3n) is 4.09. The maximum Gasteiger partial charge on any atom is 0.00168 e. The molecule has 0 aromatic carbocycles. The van der Waals surface area contributed by atoms with E-state index in [1.54, 1.807) is 0 Å². The molecule has 0 aliphatic carbocycles. The highest BCUT2D eigenvalue weighted by Gasteiger charge is 2.02. The topological polar surface area (TPSA) is 0 Å². The standard InChI is InChI=1S/C18H38S2/c1-2-3-4-5-6-9-12-15-18(20)16-13-10-7-8-11-14-17-19/h18-20H,2-17H2,1H3. The quantitative estimate of drug-likeness (QED) is 0.220. The summed E-state index contributed by atoms with van der Waals surface area (Å²) in [6, 6.07) is 0. The molecular formula is C18H38S2. The van der Waals surface area contributed by atoms with Gasteiger partial charge in [0.2, 0.25) is 0 Å². The van der Waals surface area contributed by atoms with E-state index in [0.717, 1.165) is 5.75 Å². The predicted octanol–water partition coefficient (Wildman–Crippen LogP) is 7.09. The van der Waals surface area contributed by atoms with E-state index in [0.29, 0.717) is 5.25 Å². The second-order valence-electron chi connectivity index (χ2n) is 6.20. The van der Waals surface area contributed by atoms with E-state index in [4.69, 9.17) is 12.6 Å². The minimum atomic E-state index is 0.656. The molecule has 0 spiro atoms. The van der Waals surface area contributed by atoms with Crippen molar-refractivity contribution >= 4 is 25.3 Å². The molecule has 2 heteroatoms. The second-order valence-corrected chi connectivity index (χ2v) is 7.37. The zero-order valence-electron chi connectivity index (χ0n) is 13.8. The van der Waals surface area contributed by atoms with E-state index >= 15 is 0 Å². The van der Waals surface area contributed by atoms with Crippen LogP contribution in [0.4, 0.5) is 0 Å². The van der Waals surface area contributed by atoms with Crippen molar-refractivity contribution in [3.05, 3.63) is 0 Å². The molecule has 0 aromatic rings. The molecule has 0 rings (SSSR count). The molecule has 0 heterocycles. The van der Waals surface area contributed by atoms with Crippen LogP contribution in [-0.4, -0.2) is 11.0 Å². The summed E-state index contributed by atoms with van der Waals surface area (Å²) in [5, 5.41) is 0.656. The second kappa shape index (κ2) is 17.8. The van der Waals surface area contributed by atoms with Gasteiger partial charge in [0.15, 0.2) is 0 Å². The fourth-order valence-electron chi connectivity index (χ4n) is 2.68. The lowest BCUT2D eigenvalue weighted by atomic mass is 10.0. The molecule has 0 aromatic heterocycles. The van der Waals surface area contributed by atoms with Gasteiger partial charge in [-0.2, -0.15) is 25.3 Å². The Balaban J connectivity index is 3.11. The predicted molar refractivity (Wildman–Crippen MR) is 102 cm³/mol. The van der Waals surface area contributed by atoms with Crippen LogP contribution in [0.3, 0.4) is 0 Å². The summed E-state index contributed by atoms with van der Waals surface area (Å²) in [7, 11) is 0. The molecule has 1 atom stereocenters. The van der Waals surface area contributed by atoms with Crippen molar-refractivity contribution in [1.82, 2.24) is 0 Å². The molecule has 0 amide bonds. The fourth-order valence-corrected chi connectivity index (χ4v) is 3.27. The number of hydrogen-bond donors (Lipinski definition) is 2. The lowest BCUT2D eigenvalue weighted by molar-refractivity contribution is 0.540. The van der Waals surface area contributed by atoms with Crippen molar-refractivity contribution < 1.29 is 0 Å². The molecule has 0 bridgehead atoms. The lowest BCUT2D eigenvalue weighted by Gasteiger charge is -2.10. The summed E-state index contributed by atoms with van der Waals surface area (Å²) < 4.78 is 0. The summed E-state index contributed by atoms with van der Waals surface area (Å²) >= 11 is 8.98. The smallest absolute Gasteiger partial charge is 0.00168 e. The summed E-state index contributed by atoms with van der Waals surface area (Å²) in [5.41, 5.74) is 0. The Hall–Kier alpha value is 0.700. The first-order valence-electron chi connectivity index (χ1n) is 9.10. The van der Waals surface area contributed by atoms with Crippen LogP contribution in [0.1, 0.15) is 103 Å². The Kier molecular flexibility index (Phi) is 18.4. The van der Waals surface area contributed by atoms with Gasteiger partial charge in [0, 0.05) is 5.25 Å². The van der Waals surface area contributed by atoms with Gasteiger partial charge in [-0.3, -0.25) is 0 Å². The lowest BCUT2D eigenvalue weighted by Crippen LogP contribution is -1.98. The summed E-state index contributed by atoms with van der Waals surface area (Å²) in [6.07, 6.45) is 20.8. The van der Waals surface area contributed by atoms with Crippen LogP contribution < -0.4 is 0 Å². The normalized spacial score (nSPS) is 12.8. The Morgan fingerprint density at radius 1 is 0.600 bits per heavy atom. The van der Waals surface area contributed by atoms with Crippen molar-refractivity contribution in [2.24, 2.45) is 0 Å². The van der Waals surface area contributed by atoms with Crippen molar-refractivity contribution in [3.63, 3.8) is 0 Å². The molecule has 122 valence electrons. The van der Waals surface area contributed by atoms with Crippen LogP contribution in [0, 0.1) is 0 Å². The van der Waals surface area contributed by atoms with Gasteiger partial charge in [0.25, 0.3) is 0 Å². The largest absolute Gasteiger partial charge is 0.179 e. The Morgan fingerprint density at radius 2 is 1.00 bits per heavy atom. The molecule has 0 fully saturated rings. The van der Waals surface area contributed by atoms with Gasteiger partial charge >= 0.3 is 0 Å². The van der Waals surface area contributed by atoms with Crippen molar-refractivity contribution in [2.45, 2.75) is 108 Å². The first kappa shape index (κ1) is 20.7. The van der Waals surface area contributed by atoms with Gasteiger partial charge < -0.3 is 0 Å². The average molecular weight is 319 g/mol. The van der Waals surface area contributed by atoms with Gasteiger partial charge in [0.05, 0.1) is 0 Å². The van der Waals surface area contributed by atoms with Crippen LogP contribution in [0.2, 0.25) is 0 Å². The minimum absolute atomic E-state index is 0.656. The van der Waals surface area contributed by atoms with E-state index in [1.807, 2.05) is 0 Å². The number of thiol groups is 2. The molecule has 0 saturated carbocycles. The van der Waals surface area contributed by atoms with Gasteiger partial charge in [-0.15, -0.1) is 0 Å². The average Bonchev–Trinajstić information content (AvgIpc) is 2.45. The molecule has 0 saturated heterocycles. The van der Waals surface area contributed by atoms with E-state index in [9.17, 15) is 0 Å². The minimum Gasteiger partial charge on any atom is -0.179 e. The molecule has 0 nitrogen and oxygen atoms in total. The van der Waals surface area contributed by atoms with E-state index in [1.165, 1.54) is 96.3 Å². The van der Waals surface area contributed by atoms with Crippen molar-refractivity contribution in [3.8, 4) is 0 Å². The number of rotatable bonds is 16. The van der Waals surface area contributed by atoms with Crippen LogP contribution in [0.15, 0.2) is 0 Å². The molecule has 0 radical (unpaired) electrons. The highest BCUT2D eigenvalue weighted by Crippen LogP contribution is 2.17. The van der Waals surface area contributed by atoms with E-state index in [-0.39, 0.29) is 0 Å². The Morgan fingerprint density at radius 3 is 1.45 bits per heavy atom. The molecule has 0 aliphatic rings. The summed E-state index contributed by atoms with van der Waals surface area (Å²) in [4.78, 5) is 0. The molecule has 20 heavy (non-hydrogen) atoms. The zero-order valence-corrected chi connectivity index (χ0v) is 15.6. The van der Waals surface area contributed by atoms with Gasteiger partial charge in [0.1, 0.15) is 0 Å². The SMILES string of the molecule is CCCCCCCCCC(S)CCCCCCCCS. The third-order valence-corrected chi connectivity index (χ3v) is 4.92. The fraction of sp³-hybridized carbons (Fsp3) is 1.00. The molecule has 0 aliphatic heterocycles. The first-order valence-corrected chi connectivity index (χ1v) is 10.2. The Labute approximate surface area is 139 Å². The maximum absolute atomic E-state index is 4.74. The molecule has 1 unspecified atom stereocenters. The van der Waals surface area contributed by atoms with E-state index < -0.39 is 0 Å². The molecule has 0 N–H and O–H groups in total. The maximum atomic E-state index is 4.74. The highest BCUT2D eigenvalue weighted by atomic mass is 32.1. The number of unbranched alkanes of at least 4 members (excludes halogenated alkanes) is 11. The van der Waals surface area contributed by atoms with Crippen LogP contribution in [0.25, 0.3) is 0 Å². The van der Waals surface area contributed by atoms with Crippen molar-refractivity contribution in [2.75, 3.05) is 5.75 Å². The summed E-state index contributed by atoms with van der Waals surface area (Å²) in [6.45, 7) is 2.28. The van der Waals surface area contributed by atoms with Gasteiger partial charge in [-0.05, 0) is 25.0 Å². The highest BCUT2D eigenvalue weighted by molar-refractivity contribution is 7.81. The zero-order chi connectivity index (χ0) is 14.9. The Bertz CT molecular complexity index is 153. The van der Waals surface area contributed by atoms with Gasteiger partial charge in [-0.25, -0.2) is 0 Å². The van der Waals surface area contributed by atoms with Crippen LogP contribution in [0.5, 0.6) is 0 Å².